The van der Waals surface area contributed by atoms with E-state index in [1.165, 1.54) is 5.56 Å². The smallest absolute Gasteiger partial charge is 0.550 e. The number of carbonyl (C=O) groups excluding carboxylic acids is 1. The van der Waals surface area contributed by atoms with Gasteiger partial charge in [-0.1, -0.05) is 42.0 Å². The zero-order valence-electron chi connectivity index (χ0n) is 12.8. The summed E-state index contributed by atoms with van der Waals surface area (Å²) in [5.74, 6) is -1.09. The number of hydrogen-bond acceptors (Lipinski definition) is 3. The molecule has 1 aromatic carbocycles. The maximum atomic E-state index is 10.7. The van der Waals surface area contributed by atoms with Crippen LogP contribution >= 0.6 is 12.2 Å². The summed E-state index contributed by atoms with van der Waals surface area (Å²) in [6, 6.07) is 11.6. The van der Waals surface area contributed by atoms with Crippen molar-refractivity contribution in [2.75, 3.05) is 0 Å². The van der Waals surface area contributed by atoms with Gasteiger partial charge in [-0.3, -0.25) is 0 Å². The minimum Gasteiger partial charge on any atom is -0.550 e. The van der Waals surface area contributed by atoms with Crippen LogP contribution in [0.25, 0.3) is 0 Å². The molecule has 0 fully saturated rings. The number of aryl methyl sites for hydroxylation is 1. The standard InChI is InChI=1S/C15H15NO2S.Na.2H2O/c1-10-3-5-11(6-4-10)15(19)13-8-7-12(16(13)2)9-14(17)18;;;/h3-8H,9H2,1-2H3,(H,17,18);;2*1H2/q;+1;;/p-1. The predicted octanol–water partition coefficient (Wildman–Crippen LogP) is -3.25. The molecule has 0 atom stereocenters. The molecule has 0 aliphatic rings. The molecule has 2 rings (SSSR count). The Hall–Kier alpha value is -1.02. The third-order valence-corrected chi connectivity index (χ3v) is 3.54. The molecule has 0 unspecified atom stereocenters. The summed E-state index contributed by atoms with van der Waals surface area (Å²) in [7, 11) is 1.81. The fraction of sp³-hybridized carbons (Fsp3) is 0.200. The SMILES string of the molecule is Cc1ccc(C(=S)c2ccc(CC(=O)[O-])n2C)cc1.O.O.[Na+]. The number of rotatable bonds is 4. The van der Waals surface area contributed by atoms with Gasteiger partial charge in [-0.25, -0.2) is 0 Å². The Bertz CT molecular complexity index is 637. The summed E-state index contributed by atoms with van der Waals surface area (Å²) >= 11 is 5.46. The number of aromatic nitrogens is 1. The number of nitrogens with zero attached hydrogens (tertiary/aromatic N) is 1. The van der Waals surface area contributed by atoms with Crippen molar-refractivity contribution < 1.29 is 50.4 Å². The molecular weight excluding hydrogens is 313 g/mol. The molecule has 5 nitrogen and oxygen atoms in total. The first-order chi connectivity index (χ1) is 8.99. The van der Waals surface area contributed by atoms with Crippen LogP contribution in [0.2, 0.25) is 0 Å². The summed E-state index contributed by atoms with van der Waals surface area (Å²) in [5.41, 5.74) is 3.66. The zero-order valence-corrected chi connectivity index (χ0v) is 15.7. The molecule has 114 valence electrons. The van der Waals surface area contributed by atoms with Crippen molar-refractivity contribution in [1.29, 1.82) is 0 Å². The van der Waals surface area contributed by atoms with E-state index < -0.39 is 5.97 Å². The monoisotopic (exact) mass is 331 g/mol. The molecule has 0 radical (unpaired) electrons. The van der Waals surface area contributed by atoms with Crippen molar-refractivity contribution >= 4 is 23.1 Å². The van der Waals surface area contributed by atoms with E-state index in [1.54, 1.807) is 10.6 Å². The molecular formula is C15H18NNaO4S. The Morgan fingerprint density at radius 2 is 1.68 bits per heavy atom. The Kier molecular flexibility index (Phi) is 10.4. The molecule has 1 aromatic heterocycles. The fourth-order valence-corrected chi connectivity index (χ4v) is 2.30. The van der Waals surface area contributed by atoms with Crippen molar-refractivity contribution in [2.24, 2.45) is 7.05 Å². The molecule has 0 bridgehead atoms. The molecule has 7 heteroatoms. The van der Waals surface area contributed by atoms with Crippen LogP contribution in [0.15, 0.2) is 36.4 Å². The normalized spacial score (nSPS) is 9.00. The zero-order chi connectivity index (χ0) is 14.0. The van der Waals surface area contributed by atoms with E-state index in [9.17, 15) is 9.90 Å². The van der Waals surface area contributed by atoms with Crippen LogP contribution in [0, 0.1) is 6.92 Å². The average molecular weight is 331 g/mol. The fourth-order valence-electron chi connectivity index (χ4n) is 1.96. The Morgan fingerprint density at radius 1 is 1.14 bits per heavy atom. The molecule has 0 saturated carbocycles. The number of benzene rings is 1. The minimum atomic E-state index is -1.09. The van der Waals surface area contributed by atoms with E-state index in [-0.39, 0.29) is 46.9 Å². The van der Waals surface area contributed by atoms with Crippen molar-refractivity contribution in [3.8, 4) is 0 Å². The topological polar surface area (TPSA) is 108 Å². The quantitative estimate of drug-likeness (QED) is 0.333. The van der Waals surface area contributed by atoms with Crippen LogP contribution in [0.3, 0.4) is 0 Å². The predicted molar refractivity (Wildman–Crippen MR) is 83.3 cm³/mol. The molecule has 0 spiro atoms. The van der Waals surface area contributed by atoms with Gasteiger partial charge in [0.1, 0.15) is 0 Å². The van der Waals surface area contributed by atoms with Gasteiger partial charge in [0.15, 0.2) is 0 Å². The first-order valence-corrected chi connectivity index (χ1v) is 6.35. The van der Waals surface area contributed by atoms with E-state index in [1.807, 2.05) is 44.3 Å². The van der Waals surface area contributed by atoms with E-state index in [0.717, 1.165) is 11.3 Å². The van der Waals surface area contributed by atoms with Crippen LogP contribution < -0.4 is 34.7 Å². The third-order valence-electron chi connectivity index (χ3n) is 3.10. The van der Waals surface area contributed by atoms with Crippen LogP contribution in [-0.4, -0.2) is 26.4 Å². The van der Waals surface area contributed by atoms with Crippen molar-refractivity contribution in [3.05, 3.63) is 58.9 Å². The molecule has 1 heterocycles. The van der Waals surface area contributed by atoms with Crippen LogP contribution in [0.5, 0.6) is 0 Å². The summed E-state index contributed by atoms with van der Waals surface area (Å²) in [6.45, 7) is 2.02. The molecule has 0 aliphatic carbocycles. The average Bonchev–Trinajstić information content (AvgIpc) is 2.70. The Labute approximate surface area is 156 Å². The van der Waals surface area contributed by atoms with Gasteiger partial charge >= 0.3 is 29.6 Å². The second-order valence-corrected chi connectivity index (χ2v) is 4.92. The Balaban J connectivity index is 0. The Morgan fingerprint density at radius 3 is 2.18 bits per heavy atom. The third kappa shape index (κ3) is 5.31. The van der Waals surface area contributed by atoms with Gasteiger partial charge in [0.05, 0.1) is 10.6 Å². The molecule has 4 N–H and O–H groups in total. The minimum absolute atomic E-state index is 0. The summed E-state index contributed by atoms with van der Waals surface area (Å²) in [5, 5.41) is 10.7. The maximum absolute atomic E-state index is 10.7. The molecule has 22 heavy (non-hydrogen) atoms. The number of hydrogen-bond donors (Lipinski definition) is 0. The van der Waals surface area contributed by atoms with Gasteiger partial charge in [-0.2, -0.15) is 0 Å². The summed E-state index contributed by atoms with van der Waals surface area (Å²) < 4.78 is 1.80. The van der Waals surface area contributed by atoms with Crippen molar-refractivity contribution in [1.82, 2.24) is 4.57 Å². The van der Waals surface area contributed by atoms with E-state index in [0.29, 0.717) is 10.6 Å². The summed E-state index contributed by atoms with van der Waals surface area (Å²) in [6.07, 6.45) is -0.104. The number of carboxylic acids is 1. The summed E-state index contributed by atoms with van der Waals surface area (Å²) in [4.78, 5) is 11.4. The van der Waals surface area contributed by atoms with E-state index in [4.69, 9.17) is 12.2 Å². The second-order valence-electron chi connectivity index (χ2n) is 4.51. The number of thiocarbonyl (C=S) groups is 1. The van der Waals surface area contributed by atoms with Gasteiger partial charge in [0.25, 0.3) is 0 Å². The molecule has 0 amide bonds. The maximum Gasteiger partial charge on any atom is 1.00 e. The van der Waals surface area contributed by atoms with Gasteiger partial charge in [0.2, 0.25) is 0 Å². The van der Waals surface area contributed by atoms with E-state index in [2.05, 4.69) is 0 Å². The van der Waals surface area contributed by atoms with E-state index >= 15 is 0 Å². The van der Waals surface area contributed by atoms with Crippen LogP contribution in [0.4, 0.5) is 0 Å². The van der Waals surface area contributed by atoms with Gasteiger partial charge < -0.3 is 25.4 Å². The van der Waals surface area contributed by atoms with Crippen LogP contribution in [0.1, 0.15) is 22.5 Å². The first-order valence-electron chi connectivity index (χ1n) is 5.95. The first kappa shape index (κ1) is 23.2. The number of carbonyl (C=O) groups is 1. The molecule has 0 aliphatic heterocycles. The molecule has 0 saturated heterocycles. The van der Waals surface area contributed by atoms with Crippen molar-refractivity contribution in [2.45, 2.75) is 13.3 Å². The van der Waals surface area contributed by atoms with Gasteiger partial charge in [0, 0.05) is 25.1 Å². The van der Waals surface area contributed by atoms with Crippen molar-refractivity contribution in [3.63, 3.8) is 0 Å². The second kappa shape index (κ2) is 9.89. The molecule has 2 aromatic rings. The van der Waals surface area contributed by atoms with Gasteiger partial charge in [-0.05, 0) is 24.6 Å². The number of carboxylic acid groups (broad SMARTS) is 1. The van der Waals surface area contributed by atoms with Gasteiger partial charge in [-0.15, -0.1) is 0 Å². The number of aliphatic carboxylic acids is 1. The van der Waals surface area contributed by atoms with Crippen LogP contribution in [-0.2, 0) is 18.3 Å². The largest absolute Gasteiger partial charge is 1.00 e.